The van der Waals surface area contributed by atoms with Crippen molar-refractivity contribution in [3.8, 4) is 11.3 Å². The third-order valence-electron chi connectivity index (χ3n) is 2.55. The van der Waals surface area contributed by atoms with Gasteiger partial charge in [0.25, 0.3) is 0 Å². The third-order valence-corrected chi connectivity index (χ3v) is 2.55. The first-order valence-corrected chi connectivity index (χ1v) is 5.00. The Balaban J connectivity index is 2.22. The predicted octanol–water partition coefficient (Wildman–Crippen LogP) is 2.21. The zero-order chi connectivity index (χ0) is 11.0. The molecule has 0 aliphatic carbocycles. The number of nitrogens with one attached hydrogen (secondary N) is 1. The molecule has 0 fully saturated rings. The average molecular weight is 210 g/mol. The molecule has 0 bridgehead atoms. The predicted molar refractivity (Wildman–Crippen MR) is 63.7 cm³/mol. The number of hydrogen-bond acceptors (Lipinski definition) is 3. The molecule has 16 heavy (non-hydrogen) atoms. The molecule has 0 aliphatic rings. The molecule has 0 amide bonds. The minimum Gasteiger partial charge on any atom is -0.382 e. The number of anilines is 1. The van der Waals surface area contributed by atoms with Gasteiger partial charge in [-0.2, -0.15) is 0 Å². The first-order valence-electron chi connectivity index (χ1n) is 5.00. The van der Waals surface area contributed by atoms with Gasteiger partial charge in [0.05, 0.1) is 5.69 Å². The number of nitrogens with two attached hydrogens (primary N) is 1. The lowest BCUT2D eigenvalue weighted by Gasteiger charge is -1.97. The van der Waals surface area contributed by atoms with Crippen LogP contribution in [0.4, 0.5) is 5.82 Å². The third kappa shape index (κ3) is 1.32. The first kappa shape index (κ1) is 8.91. The van der Waals surface area contributed by atoms with Gasteiger partial charge in [0.1, 0.15) is 5.82 Å². The maximum Gasteiger partial charge on any atom is 0.146 e. The van der Waals surface area contributed by atoms with Gasteiger partial charge in [-0.05, 0) is 18.2 Å². The van der Waals surface area contributed by atoms with Crippen molar-refractivity contribution in [2.45, 2.75) is 0 Å². The van der Waals surface area contributed by atoms with Gasteiger partial charge in [-0.15, -0.1) is 10.2 Å². The van der Waals surface area contributed by atoms with Gasteiger partial charge < -0.3 is 10.7 Å². The first-order chi connectivity index (χ1) is 7.84. The molecule has 0 saturated heterocycles. The topological polar surface area (TPSA) is 67.6 Å². The van der Waals surface area contributed by atoms with Crippen LogP contribution in [-0.4, -0.2) is 15.2 Å². The number of aromatic amines is 1. The van der Waals surface area contributed by atoms with Gasteiger partial charge in [-0.1, -0.05) is 18.2 Å². The second-order valence-corrected chi connectivity index (χ2v) is 3.59. The van der Waals surface area contributed by atoms with E-state index >= 15 is 0 Å². The fraction of sp³-hybridized carbons (Fsp3) is 0. The van der Waals surface area contributed by atoms with Crippen molar-refractivity contribution in [3.05, 3.63) is 42.6 Å². The number of benzene rings is 1. The average Bonchev–Trinajstić information content (AvgIpc) is 2.74. The van der Waals surface area contributed by atoms with Crippen LogP contribution in [0.25, 0.3) is 22.2 Å². The molecular formula is C12H10N4. The van der Waals surface area contributed by atoms with Crippen molar-refractivity contribution < 1.29 is 0 Å². The molecule has 2 heterocycles. The molecule has 3 rings (SSSR count). The molecule has 4 nitrogen and oxygen atoms in total. The highest BCUT2D eigenvalue weighted by Crippen LogP contribution is 2.26. The van der Waals surface area contributed by atoms with Crippen molar-refractivity contribution >= 4 is 16.7 Å². The van der Waals surface area contributed by atoms with Gasteiger partial charge in [0, 0.05) is 22.7 Å². The number of hydrogen-bond donors (Lipinski definition) is 2. The molecule has 0 atom stereocenters. The number of nitrogens with zero attached hydrogens (tertiary/aromatic N) is 2. The normalized spacial score (nSPS) is 10.8. The van der Waals surface area contributed by atoms with E-state index in [4.69, 9.17) is 5.73 Å². The minimum atomic E-state index is 0.434. The van der Waals surface area contributed by atoms with Gasteiger partial charge in [0.15, 0.2) is 0 Å². The van der Waals surface area contributed by atoms with Crippen LogP contribution in [0.5, 0.6) is 0 Å². The van der Waals surface area contributed by atoms with Gasteiger partial charge in [-0.3, -0.25) is 0 Å². The Morgan fingerprint density at radius 2 is 1.88 bits per heavy atom. The van der Waals surface area contributed by atoms with Crippen molar-refractivity contribution in [1.82, 2.24) is 15.2 Å². The number of fused-ring (bicyclic) bond motifs is 1. The van der Waals surface area contributed by atoms with Crippen LogP contribution in [0, 0.1) is 0 Å². The Morgan fingerprint density at radius 3 is 2.69 bits per heavy atom. The summed E-state index contributed by atoms with van der Waals surface area (Å²) >= 11 is 0. The van der Waals surface area contributed by atoms with Crippen LogP contribution in [0.15, 0.2) is 42.6 Å². The fourth-order valence-corrected chi connectivity index (χ4v) is 1.77. The van der Waals surface area contributed by atoms with Crippen LogP contribution >= 0.6 is 0 Å². The lowest BCUT2D eigenvalue weighted by atomic mass is 10.1. The van der Waals surface area contributed by atoms with Crippen molar-refractivity contribution in [2.24, 2.45) is 0 Å². The SMILES string of the molecule is Nc1ccc(-c2c[nH]c3ccccc23)nn1. The van der Waals surface area contributed by atoms with Gasteiger partial charge in [-0.25, -0.2) is 0 Å². The highest BCUT2D eigenvalue weighted by molar-refractivity contribution is 5.94. The number of nitrogen functional groups attached to an aromatic ring is 1. The van der Waals surface area contributed by atoms with E-state index in [2.05, 4.69) is 21.2 Å². The Hall–Kier alpha value is -2.36. The van der Waals surface area contributed by atoms with Crippen LogP contribution in [-0.2, 0) is 0 Å². The lowest BCUT2D eigenvalue weighted by Crippen LogP contribution is -1.93. The molecule has 78 valence electrons. The molecule has 0 radical (unpaired) electrons. The van der Waals surface area contributed by atoms with Crippen LogP contribution in [0.2, 0.25) is 0 Å². The van der Waals surface area contributed by atoms with E-state index in [-0.39, 0.29) is 0 Å². The number of rotatable bonds is 1. The molecule has 0 saturated carbocycles. The Labute approximate surface area is 92.1 Å². The fourth-order valence-electron chi connectivity index (χ4n) is 1.77. The maximum atomic E-state index is 5.51. The molecule has 0 spiro atoms. The summed E-state index contributed by atoms with van der Waals surface area (Å²) in [6.07, 6.45) is 1.94. The Bertz CT molecular complexity index is 625. The molecule has 1 aromatic carbocycles. The van der Waals surface area contributed by atoms with Crippen LogP contribution < -0.4 is 5.73 Å². The summed E-state index contributed by atoms with van der Waals surface area (Å²) in [4.78, 5) is 3.20. The quantitative estimate of drug-likeness (QED) is 0.647. The maximum absolute atomic E-state index is 5.51. The van der Waals surface area contributed by atoms with Gasteiger partial charge >= 0.3 is 0 Å². The summed E-state index contributed by atoms with van der Waals surface area (Å²) in [6, 6.07) is 11.7. The molecule has 3 N–H and O–H groups in total. The molecule has 4 heteroatoms. The second kappa shape index (κ2) is 3.34. The van der Waals surface area contributed by atoms with E-state index in [1.54, 1.807) is 6.07 Å². The van der Waals surface area contributed by atoms with E-state index < -0.39 is 0 Å². The standard InChI is InChI=1S/C12H10N4/c13-12-6-5-11(15-16-12)9-7-14-10-4-2-1-3-8(9)10/h1-7,14H,(H2,13,16). The molecule has 2 aromatic heterocycles. The van der Waals surface area contributed by atoms with Crippen molar-refractivity contribution in [1.29, 1.82) is 0 Å². The highest BCUT2D eigenvalue weighted by atomic mass is 15.1. The number of para-hydroxylation sites is 1. The Morgan fingerprint density at radius 1 is 1.00 bits per heavy atom. The van der Waals surface area contributed by atoms with Crippen molar-refractivity contribution in [3.63, 3.8) is 0 Å². The summed E-state index contributed by atoms with van der Waals surface area (Å²) in [6.45, 7) is 0. The summed E-state index contributed by atoms with van der Waals surface area (Å²) in [5.41, 5.74) is 8.48. The van der Waals surface area contributed by atoms with Crippen molar-refractivity contribution in [2.75, 3.05) is 5.73 Å². The lowest BCUT2D eigenvalue weighted by molar-refractivity contribution is 1.05. The second-order valence-electron chi connectivity index (χ2n) is 3.59. The monoisotopic (exact) mass is 210 g/mol. The molecule has 0 aliphatic heterocycles. The smallest absolute Gasteiger partial charge is 0.146 e. The molecule has 0 unspecified atom stereocenters. The van der Waals surface area contributed by atoms with E-state index in [9.17, 15) is 0 Å². The van der Waals surface area contributed by atoms with E-state index in [1.165, 1.54) is 0 Å². The van der Waals surface area contributed by atoms with E-state index in [0.29, 0.717) is 5.82 Å². The summed E-state index contributed by atoms with van der Waals surface area (Å²) in [7, 11) is 0. The summed E-state index contributed by atoms with van der Waals surface area (Å²) < 4.78 is 0. The molecular weight excluding hydrogens is 200 g/mol. The Kier molecular flexibility index (Phi) is 1.86. The van der Waals surface area contributed by atoms with Crippen LogP contribution in [0.3, 0.4) is 0 Å². The number of H-pyrrole nitrogens is 1. The highest BCUT2D eigenvalue weighted by Gasteiger charge is 2.06. The zero-order valence-corrected chi connectivity index (χ0v) is 8.51. The largest absolute Gasteiger partial charge is 0.382 e. The summed E-state index contributed by atoms with van der Waals surface area (Å²) in [5, 5.41) is 9.07. The van der Waals surface area contributed by atoms with E-state index in [0.717, 1.165) is 22.2 Å². The minimum absolute atomic E-state index is 0.434. The number of aromatic nitrogens is 3. The van der Waals surface area contributed by atoms with Gasteiger partial charge in [0.2, 0.25) is 0 Å². The zero-order valence-electron chi connectivity index (χ0n) is 8.51. The van der Waals surface area contributed by atoms with Crippen LogP contribution in [0.1, 0.15) is 0 Å². The van der Waals surface area contributed by atoms with E-state index in [1.807, 2.05) is 30.5 Å². The summed E-state index contributed by atoms with van der Waals surface area (Å²) in [5.74, 6) is 0.434. The molecule has 3 aromatic rings.